The largest absolute Gasteiger partial charge is 0.338 e. The van der Waals surface area contributed by atoms with Gasteiger partial charge in [-0.1, -0.05) is 19.3 Å². The van der Waals surface area contributed by atoms with Crippen LogP contribution in [-0.4, -0.2) is 28.4 Å². The molecule has 1 aromatic heterocycles. The first-order chi connectivity index (χ1) is 8.74. The molecular formula is C13H22N4O. The minimum atomic E-state index is -0.0437. The highest BCUT2D eigenvalue weighted by Crippen LogP contribution is 2.17. The average molecular weight is 250 g/mol. The third kappa shape index (κ3) is 4.05. The molecule has 0 radical (unpaired) electrons. The number of nitrogens with zero attached hydrogens (tertiary/aromatic N) is 2. The molecule has 2 rings (SSSR count). The highest BCUT2D eigenvalue weighted by Gasteiger charge is 2.15. The fourth-order valence-corrected chi connectivity index (χ4v) is 2.38. The zero-order chi connectivity index (χ0) is 12.8. The van der Waals surface area contributed by atoms with Crippen molar-refractivity contribution in [2.45, 2.75) is 44.6 Å². The Kier molecular flexibility index (Phi) is 4.61. The summed E-state index contributed by atoms with van der Waals surface area (Å²) in [5.74, 6) is 0. The topological polar surface area (TPSA) is 59.0 Å². The molecule has 1 fully saturated rings. The molecule has 1 aliphatic rings. The van der Waals surface area contributed by atoms with Crippen LogP contribution in [0.5, 0.6) is 0 Å². The van der Waals surface area contributed by atoms with Crippen LogP contribution in [0.3, 0.4) is 0 Å². The van der Waals surface area contributed by atoms with Gasteiger partial charge in [-0.15, -0.1) is 0 Å². The van der Waals surface area contributed by atoms with Crippen LogP contribution >= 0.6 is 0 Å². The number of carbonyl (C=O) groups excluding carboxylic acids is 1. The molecule has 2 amide bonds. The smallest absolute Gasteiger partial charge is 0.315 e. The number of nitrogens with one attached hydrogen (secondary N) is 2. The SMILES string of the molecule is Cn1ccc(CCNC(=O)NC2CCCCC2)n1. The van der Waals surface area contributed by atoms with E-state index in [-0.39, 0.29) is 6.03 Å². The standard InChI is InChI=1S/C13H22N4O/c1-17-10-8-12(16-17)7-9-14-13(18)15-11-5-3-2-4-6-11/h8,10-11H,2-7,9H2,1H3,(H2,14,15,18). The summed E-state index contributed by atoms with van der Waals surface area (Å²) < 4.78 is 1.78. The van der Waals surface area contributed by atoms with Gasteiger partial charge in [-0.25, -0.2) is 4.79 Å². The Hall–Kier alpha value is -1.52. The molecule has 18 heavy (non-hydrogen) atoms. The third-order valence-electron chi connectivity index (χ3n) is 3.38. The van der Waals surface area contributed by atoms with E-state index in [1.165, 1.54) is 19.3 Å². The van der Waals surface area contributed by atoms with E-state index >= 15 is 0 Å². The maximum absolute atomic E-state index is 11.7. The van der Waals surface area contributed by atoms with Crippen molar-refractivity contribution in [3.05, 3.63) is 18.0 Å². The second-order valence-corrected chi connectivity index (χ2v) is 4.97. The summed E-state index contributed by atoms with van der Waals surface area (Å²) in [6.45, 7) is 0.634. The lowest BCUT2D eigenvalue weighted by Crippen LogP contribution is -2.43. The van der Waals surface area contributed by atoms with Gasteiger partial charge in [-0.3, -0.25) is 4.68 Å². The Balaban J connectivity index is 1.62. The van der Waals surface area contributed by atoms with E-state index in [1.807, 2.05) is 19.3 Å². The molecule has 0 aromatic carbocycles. The normalized spacial score (nSPS) is 16.5. The van der Waals surface area contributed by atoms with Crippen molar-refractivity contribution in [1.29, 1.82) is 0 Å². The highest BCUT2D eigenvalue weighted by molar-refractivity contribution is 5.74. The summed E-state index contributed by atoms with van der Waals surface area (Å²) in [6.07, 6.45) is 8.70. The first-order valence-electron chi connectivity index (χ1n) is 6.77. The minimum absolute atomic E-state index is 0.0437. The molecule has 1 aliphatic carbocycles. The number of rotatable bonds is 4. The number of hydrogen-bond acceptors (Lipinski definition) is 2. The third-order valence-corrected chi connectivity index (χ3v) is 3.38. The summed E-state index contributed by atoms with van der Waals surface area (Å²) >= 11 is 0. The van der Waals surface area contributed by atoms with Crippen LogP contribution in [0.4, 0.5) is 4.79 Å². The fraction of sp³-hybridized carbons (Fsp3) is 0.692. The Morgan fingerprint density at radius 1 is 1.44 bits per heavy atom. The Morgan fingerprint density at radius 2 is 2.22 bits per heavy atom. The number of carbonyl (C=O) groups is 1. The Bertz CT molecular complexity index is 382. The molecule has 1 heterocycles. The Labute approximate surface area is 108 Å². The number of aryl methyl sites for hydroxylation is 1. The maximum Gasteiger partial charge on any atom is 0.315 e. The second-order valence-electron chi connectivity index (χ2n) is 4.97. The summed E-state index contributed by atoms with van der Waals surface area (Å²) in [5.41, 5.74) is 1.01. The van der Waals surface area contributed by atoms with Gasteiger partial charge in [0.25, 0.3) is 0 Å². The number of hydrogen-bond donors (Lipinski definition) is 2. The van der Waals surface area contributed by atoms with Crippen molar-refractivity contribution < 1.29 is 4.79 Å². The monoisotopic (exact) mass is 250 g/mol. The zero-order valence-electron chi connectivity index (χ0n) is 11.0. The van der Waals surface area contributed by atoms with Gasteiger partial charge in [0.2, 0.25) is 0 Å². The van der Waals surface area contributed by atoms with E-state index in [4.69, 9.17) is 0 Å². The van der Waals surface area contributed by atoms with Crippen molar-refractivity contribution in [1.82, 2.24) is 20.4 Å². The maximum atomic E-state index is 11.7. The van der Waals surface area contributed by atoms with Crippen molar-refractivity contribution >= 4 is 6.03 Å². The molecule has 5 nitrogen and oxygen atoms in total. The summed E-state index contributed by atoms with van der Waals surface area (Å²) in [4.78, 5) is 11.7. The van der Waals surface area contributed by atoms with Crippen molar-refractivity contribution in [2.24, 2.45) is 7.05 Å². The van der Waals surface area contributed by atoms with Gasteiger partial charge in [0, 0.05) is 32.3 Å². The minimum Gasteiger partial charge on any atom is -0.338 e. The molecule has 0 bridgehead atoms. The van der Waals surface area contributed by atoms with E-state index in [0.717, 1.165) is 25.0 Å². The summed E-state index contributed by atoms with van der Waals surface area (Å²) in [7, 11) is 1.90. The molecule has 0 unspecified atom stereocenters. The van der Waals surface area contributed by atoms with Crippen LogP contribution in [0.2, 0.25) is 0 Å². The molecule has 1 aromatic rings. The molecule has 0 spiro atoms. The highest BCUT2D eigenvalue weighted by atomic mass is 16.2. The molecule has 5 heteroatoms. The van der Waals surface area contributed by atoms with E-state index in [0.29, 0.717) is 12.6 Å². The van der Waals surface area contributed by atoms with Gasteiger partial charge >= 0.3 is 6.03 Å². The van der Waals surface area contributed by atoms with Crippen LogP contribution < -0.4 is 10.6 Å². The van der Waals surface area contributed by atoms with Crippen LogP contribution in [0, 0.1) is 0 Å². The zero-order valence-corrected chi connectivity index (χ0v) is 11.0. The van der Waals surface area contributed by atoms with E-state index in [1.54, 1.807) is 4.68 Å². The first-order valence-corrected chi connectivity index (χ1v) is 6.77. The molecule has 0 aliphatic heterocycles. The first kappa shape index (κ1) is 12.9. The van der Waals surface area contributed by atoms with Gasteiger partial charge in [0.1, 0.15) is 0 Å². The molecule has 1 saturated carbocycles. The molecular weight excluding hydrogens is 228 g/mol. The van der Waals surface area contributed by atoms with Gasteiger partial charge in [0.15, 0.2) is 0 Å². The van der Waals surface area contributed by atoms with Crippen LogP contribution in [0.25, 0.3) is 0 Å². The van der Waals surface area contributed by atoms with Gasteiger partial charge in [0.05, 0.1) is 5.69 Å². The molecule has 0 saturated heterocycles. The van der Waals surface area contributed by atoms with Crippen LogP contribution in [0.15, 0.2) is 12.3 Å². The van der Waals surface area contributed by atoms with Crippen LogP contribution in [-0.2, 0) is 13.5 Å². The van der Waals surface area contributed by atoms with Gasteiger partial charge in [-0.2, -0.15) is 5.10 Å². The lowest BCUT2D eigenvalue weighted by atomic mass is 9.96. The predicted octanol–water partition coefficient (Wildman–Crippen LogP) is 1.59. The predicted molar refractivity (Wildman–Crippen MR) is 70.3 cm³/mol. The second kappa shape index (κ2) is 6.42. The number of urea groups is 1. The van der Waals surface area contributed by atoms with E-state index in [2.05, 4.69) is 15.7 Å². The number of aromatic nitrogens is 2. The lowest BCUT2D eigenvalue weighted by molar-refractivity contribution is 0.233. The number of amides is 2. The Morgan fingerprint density at radius 3 is 2.89 bits per heavy atom. The molecule has 2 N–H and O–H groups in total. The quantitative estimate of drug-likeness (QED) is 0.852. The van der Waals surface area contributed by atoms with E-state index in [9.17, 15) is 4.79 Å². The molecule has 0 atom stereocenters. The van der Waals surface area contributed by atoms with Gasteiger partial charge in [-0.05, 0) is 18.9 Å². The fourth-order valence-electron chi connectivity index (χ4n) is 2.38. The molecule has 100 valence electrons. The lowest BCUT2D eigenvalue weighted by Gasteiger charge is -2.22. The van der Waals surface area contributed by atoms with Crippen molar-refractivity contribution in [3.63, 3.8) is 0 Å². The van der Waals surface area contributed by atoms with Crippen molar-refractivity contribution in [3.8, 4) is 0 Å². The van der Waals surface area contributed by atoms with Crippen LogP contribution in [0.1, 0.15) is 37.8 Å². The summed E-state index contributed by atoms with van der Waals surface area (Å²) in [6, 6.07) is 2.30. The van der Waals surface area contributed by atoms with Crippen molar-refractivity contribution in [2.75, 3.05) is 6.54 Å². The van der Waals surface area contributed by atoms with E-state index < -0.39 is 0 Å². The van der Waals surface area contributed by atoms with Gasteiger partial charge < -0.3 is 10.6 Å². The summed E-state index contributed by atoms with van der Waals surface area (Å²) in [5, 5.41) is 10.2. The average Bonchev–Trinajstić information content (AvgIpc) is 2.76.